The molecule has 1 amide bonds. The van der Waals surface area contributed by atoms with E-state index in [2.05, 4.69) is 9.97 Å². The molecular formula is C13H12N4O2S2. The van der Waals surface area contributed by atoms with Crippen molar-refractivity contribution in [1.29, 1.82) is 0 Å². The summed E-state index contributed by atoms with van der Waals surface area (Å²) >= 11 is 2.74. The quantitative estimate of drug-likeness (QED) is 0.771. The number of thiophene rings is 2. The number of primary amides is 1. The lowest BCUT2D eigenvalue weighted by atomic mass is 10.2. The molecule has 6 nitrogen and oxygen atoms in total. The lowest BCUT2D eigenvalue weighted by Crippen LogP contribution is -2.10. The molecule has 0 aliphatic carbocycles. The summed E-state index contributed by atoms with van der Waals surface area (Å²) in [5.41, 5.74) is 12.4. The van der Waals surface area contributed by atoms with Gasteiger partial charge in [-0.05, 0) is 19.1 Å². The molecule has 4 N–H and O–H groups in total. The van der Waals surface area contributed by atoms with Gasteiger partial charge in [0.1, 0.15) is 9.71 Å². The first-order valence-corrected chi connectivity index (χ1v) is 7.65. The number of ether oxygens (including phenoxy) is 1. The van der Waals surface area contributed by atoms with E-state index < -0.39 is 5.91 Å². The van der Waals surface area contributed by atoms with Gasteiger partial charge in [-0.25, -0.2) is 0 Å². The molecule has 0 spiro atoms. The van der Waals surface area contributed by atoms with Crippen LogP contribution in [0, 0.1) is 6.92 Å². The molecule has 0 atom stereocenters. The standard InChI is InChI=1S/C13H12N4O2S2/c1-5-3-4-6(20-5)9-7-8(14)10(11(15)18)21-12(7)17-13(16-9)19-2/h3-4H,14H2,1-2H3,(H2,15,18). The number of nitrogens with zero attached hydrogens (tertiary/aromatic N) is 2. The minimum absolute atomic E-state index is 0.237. The van der Waals surface area contributed by atoms with Gasteiger partial charge in [0, 0.05) is 4.88 Å². The lowest BCUT2D eigenvalue weighted by Gasteiger charge is -2.04. The summed E-state index contributed by atoms with van der Waals surface area (Å²) in [6, 6.07) is 4.20. The predicted molar refractivity (Wildman–Crippen MR) is 84.9 cm³/mol. The Bertz CT molecular complexity index is 853. The number of hydrogen-bond donors (Lipinski definition) is 2. The Hall–Kier alpha value is -2.19. The first-order valence-electron chi connectivity index (χ1n) is 6.02. The third kappa shape index (κ3) is 2.22. The Morgan fingerprint density at radius 1 is 1.29 bits per heavy atom. The minimum Gasteiger partial charge on any atom is -0.467 e. The van der Waals surface area contributed by atoms with Crippen molar-refractivity contribution < 1.29 is 9.53 Å². The van der Waals surface area contributed by atoms with Crippen molar-refractivity contribution in [1.82, 2.24) is 9.97 Å². The first-order chi connectivity index (χ1) is 10.0. The number of fused-ring (bicyclic) bond motifs is 1. The topological polar surface area (TPSA) is 104 Å². The van der Waals surface area contributed by atoms with Crippen LogP contribution in [0.25, 0.3) is 20.8 Å². The average Bonchev–Trinajstić information content (AvgIpc) is 3.02. The molecular weight excluding hydrogens is 308 g/mol. The first kappa shape index (κ1) is 13.8. The van der Waals surface area contributed by atoms with E-state index in [-0.39, 0.29) is 6.01 Å². The highest BCUT2D eigenvalue weighted by atomic mass is 32.1. The summed E-state index contributed by atoms with van der Waals surface area (Å²) in [6.45, 7) is 2.01. The number of nitrogen functional groups attached to an aromatic ring is 1. The van der Waals surface area contributed by atoms with Gasteiger partial charge >= 0.3 is 6.01 Å². The predicted octanol–water partition coefficient (Wildman–Crippen LogP) is 2.42. The van der Waals surface area contributed by atoms with Crippen molar-refractivity contribution in [3.63, 3.8) is 0 Å². The van der Waals surface area contributed by atoms with Crippen LogP contribution in [0.3, 0.4) is 0 Å². The molecule has 3 aromatic rings. The maximum Gasteiger partial charge on any atom is 0.318 e. The van der Waals surface area contributed by atoms with E-state index in [1.807, 2.05) is 19.1 Å². The Kier molecular flexibility index (Phi) is 3.26. The van der Waals surface area contributed by atoms with Crippen LogP contribution in [0.15, 0.2) is 12.1 Å². The molecule has 21 heavy (non-hydrogen) atoms. The molecule has 3 aromatic heterocycles. The maximum atomic E-state index is 11.5. The van der Waals surface area contributed by atoms with Crippen molar-refractivity contribution in [2.45, 2.75) is 6.92 Å². The zero-order valence-electron chi connectivity index (χ0n) is 11.3. The van der Waals surface area contributed by atoms with Crippen LogP contribution in [0.2, 0.25) is 0 Å². The van der Waals surface area contributed by atoms with Crippen molar-refractivity contribution in [2.75, 3.05) is 12.8 Å². The van der Waals surface area contributed by atoms with Gasteiger partial charge in [0.15, 0.2) is 0 Å². The maximum absolute atomic E-state index is 11.5. The van der Waals surface area contributed by atoms with Crippen molar-refractivity contribution in [3.05, 3.63) is 21.9 Å². The number of methoxy groups -OCH3 is 1. The summed E-state index contributed by atoms with van der Waals surface area (Å²) < 4.78 is 5.13. The Morgan fingerprint density at radius 3 is 2.62 bits per heavy atom. The highest BCUT2D eigenvalue weighted by molar-refractivity contribution is 7.21. The van der Waals surface area contributed by atoms with E-state index in [4.69, 9.17) is 16.2 Å². The highest BCUT2D eigenvalue weighted by Crippen LogP contribution is 2.40. The van der Waals surface area contributed by atoms with Crippen LogP contribution in [0.1, 0.15) is 14.5 Å². The number of nitrogens with two attached hydrogens (primary N) is 2. The van der Waals surface area contributed by atoms with E-state index in [1.54, 1.807) is 11.3 Å². The van der Waals surface area contributed by atoms with E-state index in [9.17, 15) is 4.79 Å². The number of amides is 1. The van der Waals surface area contributed by atoms with Gasteiger partial charge in [-0.3, -0.25) is 4.79 Å². The van der Waals surface area contributed by atoms with Crippen LogP contribution < -0.4 is 16.2 Å². The van der Waals surface area contributed by atoms with Gasteiger partial charge in [0.2, 0.25) is 0 Å². The molecule has 3 rings (SSSR count). The molecule has 0 bridgehead atoms. The second-order valence-electron chi connectivity index (χ2n) is 4.36. The van der Waals surface area contributed by atoms with Gasteiger partial charge in [-0.1, -0.05) is 0 Å². The molecule has 0 aliphatic rings. The largest absolute Gasteiger partial charge is 0.467 e. The molecule has 0 unspecified atom stereocenters. The average molecular weight is 320 g/mol. The molecule has 0 saturated heterocycles. The van der Waals surface area contributed by atoms with Gasteiger partial charge in [-0.15, -0.1) is 22.7 Å². The number of carbonyl (C=O) groups is 1. The molecule has 108 valence electrons. The number of rotatable bonds is 3. The summed E-state index contributed by atoms with van der Waals surface area (Å²) in [5, 5.41) is 0.649. The van der Waals surface area contributed by atoms with Crippen LogP contribution in [-0.2, 0) is 0 Å². The third-order valence-corrected chi connectivity index (χ3v) is 5.07. The fraction of sp³-hybridized carbons (Fsp3) is 0.154. The molecule has 3 heterocycles. The fourth-order valence-corrected chi connectivity index (χ4v) is 3.82. The summed E-state index contributed by atoms with van der Waals surface area (Å²) in [7, 11) is 1.50. The van der Waals surface area contributed by atoms with Crippen LogP contribution in [0.4, 0.5) is 5.69 Å². The summed E-state index contributed by atoms with van der Waals surface area (Å²) in [4.78, 5) is 23.1. The van der Waals surface area contributed by atoms with E-state index >= 15 is 0 Å². The molecule has 0 aliphatic heterocycles. The number of anilines is 1. The van der Waals surface area contributed by atoms with Gasteiger partial charge in [0.25, 0.3) is 5.91 Å². The van der Waals surface area contributed by atoms with Crippen molar-refractivity contribution in [2.24, 2.45) is 5.73 Å². The number of hydrogen-bond acceptors (Lipinski definition) is 7. The van der Waals surface area contributed by atoms with Crippen LogP contribution >= 0.6 is 22.7 Å². The Morgan fingerprint density at radius 2 is 2.05 bits per heavy atom. The summed E-state index contributed by atoms with van der Waals surface area (Å²) in [5.74, 6) is -0.567. The summed E-state index contributed by atoms with van der Waals surface area (Å²) in [6.07, 6.45) is 0. The molecule has 8 heteroatoms. The second-order valence-corrected chi connectivity index (χ2v) is 6.65. The van der Waals surface area contributed by atoms with Gasteiger partial charge < -0.3 is 16.2 Å². The monoisotopic (exact) mass is 320 g/mol. The second kappa shape index (κ2) is 4.97. The van der Waals surface area contributed by atoms with Crippen LogP contribution in [0.5, 0.6) is 6.01 Å². The zero-order valence-corrected chi connectivity index (χ0v) is 13.0. The number of carbonyl (C=O) groups excluding carboxylic acids is 1. The normalized spacial score (nSPS) is 11.0. The molecule has 0 saturated carbocycles. The Balaban J connectivity index is 2.38. The van der Waals surface area contributed by atoms with Crippen molar-refractivity contribution >= 4 is 44.5 Å². The van der Waals surface area contributed by atoms with Gasteiger partial charge in [0.05, 0.1) is 28.8 Å². The smallest absolute Gasteiger partial charge is 0.318 e. The number of aromatic nitrogens is 2. The fourth-order valence-electron chi connectivity index (χ4n) is 2.02. The third-order valence-electron chi connectivity index (χ3n) is 2.95. The van der Waals surface area contributed by atoms with E-state index in [0.29, 0.717) is 26.5 Å². The zero-order chi connectivity index (χ0) is 15.1. The molecule has 0 aromatic carbocycles. The molecule has 0 radical (unpaired) electrons. The SMILES string of the molecule is COc1nc(-c2ccc(C)s2)c2c(N)c(C(N)=O)sc2n1. The highest BCUT2D eigenvalue weighted by Gasteiger charge is 2.21. The van der Waals surface area contributed by atoms with Gasteiger partial charge in [-0.2, -0.15) is 9.97 Å². The minimum atomic E-state index is -0.567. The Labute approximate surface area is 128 Å². The van der Waals surface area contributed by atoms with E-state index in [1.165, 1.54) is 7.11 Å². The van der Waals surface area contributed by atoms with Crippen LogP contribution in [-0.4, -0.2) is 23.0 Å². The van der Waals surface area contributed by atoms with E-state index in [0.717, 1.165) is 21.1 Å². The molecule has 0 fully saturated rings. The number of aryl methyl sites for hydroxylation is 1. The van der Waals surface area contributed by atoms with Crippen molar-refractivity contribution in [3.8, 4) is 16.6 Å². The lowest BCUT2D eigenvalue weighted by molar-refractivity contribution is 0.100.